The Balaban J connectivity index is 1.63. The van der Waals surface area contributed by atoms with Crippen molar-refractivity contribution in [3.63, 3.8) is 0 Å². The Bertz CT molecular complexity index is 1170. The first kappa shape index (κ1) is 21.4. The van der Waals surface area contributed by atoms with E-state index in [4.69, 9.17) is 21.1 Å². The van der Waals surface area contributed by atoms with Gasteiger partial charge in [-0.15, -0.1) is 0 Å². The highest BCUT2D eigenvalue weighted by Gasteiger charge is 2.30. The number of methoxy groups -OCH3 is 1. The van der Waals surface area contributed by atoms with Crippen LogP contribution in [0.3, 0.4) is 0 Å². The SMILES string of the molecule is COc1ccccc1Oc1c(Cl)nc(C2CC2)nc1NS(=O)(=O)NCc1ccccc1. The number of ether oxygens (including phenoxy) is 2. The molecule has 0 aliphatic heterocycles. The summed E-state index contributed by atoms with van der Waals surface area (Å²) in [7, 11) is -2.45. The van der Waals surface area contributed by atoms with Crippen LogP contribution in [0.15, 0.2) is 54.6 Å². The molecular weight excluding hydrogens is 440 g/mol. The van der Waals surface area contributed by atoms with E-state index < -0.39 is 10.2 Å². The summed E-state index contributed by atoms with van der Waals surface area (Å²) in [6.07, 6.45) is 1.86. The quantitative estimate of drug-likeness (QED) is 0.462. The summed E-state index contributed by atoms with van der Waals surface area (Å²) < 4.78 is 41.5. The van der Waals surface area contributed by atoms with Crippen molar-refractivity contribution in [3.8, 4) is 17.2 Å². The van der Waals surface area contributed by atoms with Crippen LogP contribution < -0.4 is 18.9 Å². The van der Waals surface area contributed by atoms with Crippen molar-refractivity contribution in [1.82, 2.24) is 14.7 Å². The summed E-state index contributed by atoms with van der Waals surface area (Å²) in [5.74, 6) is 1.43. The number of rotatable bonds is 9. The molecule has 1 saturated carbocycles. The highest BCUT2D eigenvalue weighted by Crippen LogP contribution is 2.43. The van der Waals surface area contributed by atoms with Gasteiger partial charge in [-0.3, -0.25) is 4.72 Å². The number of halogens is 1. The van der Waals surface area contributed by atoms with Gasteiger partial charge in [0.15, 0.2) is 22.5 Å². The number of para-hydroxylation sites is 2. The summed E-state index contributed by atoms with van der Waals surface area (Å²) in [5, 5.41) is 0.0172. The molecule has 0 amide bonds. The topological polar surface area (TPSA) is 102 Å². The molecule has 0 bridgehead atoms. The van der Waals surface area contributed by atoms with Crippen LogP contribution in [0.2, 0.25) is 5.15 Å². The molecule has 2 N–H and O–H groups in total. The fraction of sp³-hybridized carbons (Fsp3) is 0.238. The van der Waals surface area contributed by atoms with Gasteiger partial charge in [-0.2, -0.15) is 13.1 Å². The molecule has 2 aromatic carbocycles. The van der Waals surface area contributed by atoms with Gasteiger partial charge in [0.25, 0.3) is 0 Å². The third kappa shape index (κ3) is 5.43. The Morgan fingerprint density at radius 3 is 2.39 bits per heavy atom. The maximum absolute atomic E-state index is 12.7. The lowest BCUT2D eigenvalue weighted by molar-refractivity contribution is 0.378. The Morgan fingerprint density at radius 2 is 1.71 bits per heavy atom. The number of hydrogen-bond acceptors (Lipinski definition) is 6. The second kappa shape index (κ2) is 9.09. The van der Waals surface area contributed by atoms with Crippen LogP contribution in [0.1, 0.15) is 30.1 Å². The number of nitrogens with zero attached hydrogens (tertiary/aromatic N) is 2. The zero-order valence-electron chi connectivity index (χ0n) is 16.7. The molecule has 1 aliphatic rings. The maximum Gasteiger partial charge on any atom is 0.300 e. The number of benzene rings is 2. The molecule has 1 aromatic heterocycles. The average molecular weight is 461 g/mol. The lowest BCUT2D eigenvalue weighted by Gasteiger charge is -2.16. The minimum Gasteiger partial charge on any atom is -0.493 e. The fourth-order valence-electron chi connectivity index (χ4n) is 2.87. The first-order valence-electron chi connectivity index (χ1n) is 9.65. The third-order valence-electron chi connectivity index (χ3n) is 4.61. The van der Waals surface area contributed by atoms with E-state index in [-0.39, 0.29) is 29.2 Å². The first-order valence-corrected chi connectivity index (χ1v) is 11.5. The molecule has 31 heavy (non-hydrogen) atoms. The van der Waals surface area contributed by atoms with Crippen LogP contribution in [-0.2, 0) is 16.8 Å². The summed E-state index contributed by atoms with van der Waals surface area (Å²) in [4.78, 5) is 8.70. The third-order valence-corrected chi connectivity index (χ3v) is 5.85. The van der Waals surface area contributed by atoms with Crippen molar-refractivity contribution >= 4 is 27.6 Å². The predicted molar refractivity (Wildman–Crippen MR) is 118 cm³/mol. The molecule has 1 fully saturated rings. The first-order chi connectivity index (χ1) is 14.9. The van der Waals surface area contributed by atoms with Crippen molar-refractivity contribution in [2.24, 2.45) is 0 Å². The molecule has 1 heterocycles. The van der Waals surface area contributed by atoms with E-state index in [2.05, 4.69) is 19.4 Å². The van der Waals surface area contributed by atoms with Crippen LogP contribution in [0.4, 0.5) is 5.82 Å². The Hall–Kier alpha value is -2.88. The Morgan fingerprint density at radius 1 is 1.03 bits per heavy atom. The van der Waals surface area contributed by atoms with E-state index in [9.17, 15) is 8.42 Å². The molecule has 1 aliphatic carbocycles. The lowest BCUT2D eigenvalue weighted by Crippen LogP contribution is -2.30. The standard InChI is InChI=1S/C21H21ClN4O4S/c1-29-16-9-5-6-10-17(16)30-18-19(22)24-20(15-11-12-15)25-21(18)26-31(27,28)23-13-14-7-3-2-4-8-14/h2-10,15,23H,11-13H2,1H3,(H,24,25,26). The van der Waals surface area contributed by atoms with Gasteiger partial charge < -0.3 is 9.47 Å². The monoisotopic (exact) mass is 460 g/mol. The molecule has 4 rings (SSSR count). The normalized spacial score (nSPS) is 13.6. The molecule has 3 aromatic rings. The maximum atomic E-state index is 12.7. The van der Waals surface area contributed by atoms with Crippen molar-refractivity contribution < 1.29 is 17.9 Å². The second-order valence-corrected chi connectivity index (χ2v) is 8.85. The second-order valence-electron chi connectivity index (χ2n) is 6.99. The molecule has 0 unspecified atom stereocenters. The van der Waals surface area contributed by atoms with Crippen LogP contribution >= 0.6 is 11.6 Å². The minimum atomic E-state index is -3.96. The molecule has 0 saturated heterocycles. The van der Waals surface area contributed by atoms with E-state index in [1.54, 1.807) is 24.3 Å². The van der Waals surface area contributed by atoms with E-state index in [0.717, 1.165) is 18.4 Å². The molecule has 0 spiro atoms. The van der Waals surface area contributed by atoms with Crippen LogP contribution in [0.25, 0.3) is 0 Å². The lowest BCUT2D eigenvalue weighted by atomic mass is 10.2. The van der Waals surface area contributed by atoms with Crippen molar-refractivity contribution in [2.75, 3.05) is 11.8 Å². The van der Waals surface area contributed by atoms with Gasteiger partial charge in [0.2, 0.25) is 5.75 Å². The van der Waals surface area contributed by atoms with Crippen LogP contribution in [0.5, 0.6) is 17.2 Å². The van der Waals surface area contributed by atoms with Gasteiger partial charge in [0.1, 0.15) is 5.82 Å². The summed E-state index contributed by atoms with van der Waals surface area (Å²) in [6.45, 7) is 0.118. The zero-order chi connectivity index (χ0) is 21.8. The number of hydrogen-bond donors (Lipinski definition) is 2. The van der Waals surface area contributed by atoms with Gasteiger partial charge in [-0.1, -0.05) is 54.1 Å². The zero-order valence-corrected chi connectivity index (χ0v) is 18.3. The summed E-state index contributed by atoms with van der Waals surface area (Å²) >= 11 is 6.38. The van der Waals surface area contributed by atoms with Gasteiger partial charge >= 0.3 is 10.2 Å². The number of aromatic nitrogens is 2. The molecule has 162 valence electrons. The Kier molecular flexibility index (Phi) is 6.26. The highest BCUT2D eigenvalue weighted by atomic mass is 35.5. The van der Waals surface area contributed by atoms with Gasteiger partial charge in [-0.05, 0) is 30.5 Å². The van der Waals surface area contributed by atoms with Crippen molar-refractivity contribution in [3.05, 3.63) is 71.1 Å². The van der Waals surface area contributed by atoms with Crippen molar-refractivity contribution in [1.29, 1.82) is 0 Å². The van der Waals surface area contributed by atoms with Gasteiger partial charge in [-0.25, -0.2) is 9.97 Å². The number of nitrogens with one attached hydrogen (secondary N) is 2. The van der Waals surface area contributed by atoms with Crippen LogP contribution in [0, 0.1) is 0 Å². The molecular formula is C21H21ClN4O4S. The minimum absolute atomic E-state index is 0.000604. The molecule has 0 atom stereocenters. The summed E-state index contributed by atoms with van der Waals surface area (Å²) in [5.41, 5.74) is 0.817. The van der Waals surface area contributed by atoms with Crippen molar-refractivity contribution in [2.45, 2.75) is 25.3 Å². The largest absolute Gasteiger partial charge is 0.493 e. The Labute approximate surface area is 185 Å². The predicted octanol–water partition coefficient (Wildman–Crippen LogP) is 4.25. The average Bonchev–Trinajstić information content (AvgIpc) is 3.61. The molecule has 0 radical (unpaired) electrons. The smallest absolute Gasteiger partial charge is 0.300 e. The molecule has 10 heteroatoms. The van der Waals surface area contributed by atoms with E-state index in [1.807, 2.05) is 30.3 Å². The van der Waals surface area contributed by atoms with E-state index in [1.165, 1.54) is 7.11 Å². The van der Waals surface area contributed by atoms with E-state index >= 15 is 0 Å². The fourth-order valence-corrected chi connectivity index (χ4v) is 3.91. The summed E-state index contributed by atoms with van der Waals surface area (Å²) in [6, 6.07) is 16.1. The van der Waals surface area contributed by atoms with Gasteiger partial charge in [0, 0.05) is 12.5 Å². The molecule has 8 nitrogen and oxygen atoms in total. The highest BCUT2D eigenvalue weighted by molar-refractivity contribution is 7.90. The number of anilines is 1. The van der Waals surface area contributed by atoms with E-state index in [0.29, 0.717) is 17.3 Å². The van der Waals surface area contributed by atoms with Crippen LogP contribution in [-0.4, -0.2) is 25.5 Å². The van der Waals surface area contributed by atoms with Gasteiger partial charge in [0.05, 0.1) is 7.11 Å².